The maximum atomic E-state index is 12.0. The van der Waals surface area contributed by atoms with E-state index in [1.54, 1.807) is 6.20 Å². The number of ether oxygens (including phenoxy) is 1. The largest absolute Gasteiger partial charge is 0.368 e. The maximum absolute atomic E-state index is 12.0. The molecule has 104 valence electrons. The van der Waals surface area contributed by atoms with Gasteiger partial charge in [-0.2, -0.15) is 0 Å². The zero-order valence-corrected chi connectivity index (χ0v) is 12.0. The first kappa shape index (κ1) is 14.1. The third-order valence-electron chi connectivity index (χ3n) is 3.85. The molecule has 0 bridgehead atoms. The van der Waals surface area contributed by atoms with Crippen LogP contribution in [0, 0.1) is 0 Å². The van der Waals surface area contributed by atoms with Crippen LogP contribution >= 0.6 is 0 Å². The molecule has 1 aromatic heterocycles. The van der Waals surface area contributed by atoms with Gasteiger partial charge in [0.2, 0.25) is 0 Å². The number of nitrogens with zero attached hydrogens (tertiary/aromatic N) is 2. The van der Waals surface area contributed by atoms with E-state index in [9.17, 15) is 4.79 Å². The zero-order valence-electron chi connectivity index (χ0n) is 12.0. The van der Waals surface area contributed by atoms with E-state index in [-0.39, 0.29) is 5.78 Å². The number of fused-ring (bicyclic) bond motifs is 1. The molecule has 0 fully saturated rings. The van der Waals surface area contributed by atoms with Crippen LogP contribution in [0.3, 0.4) is 0 Å². The average molecular weight is 262 g/mol. The molecule has 1 unspecified atom stereocenters. The Morgan fingerprint density at radius 1 is 1.32 bits per heavy atom. The first-order valence-electron chi connectivity index (χ1n) is 7.14. The normalized spacial score (nSPS) is 18.6. The molecule has 0 saturated heterocycles. The maximum Gasteiger partial charge on any atom is 0.166 e. The summed E-state index contributed by atoms with van der Waals surface area (Å²) in [5, 5.41) is 0. The molecule has 1 aliphatic carbocycles. The fourth-order valence-electron chi connectivity index (χ4n) is 2.45. The molecule has 0 radical (unpaired) electrons. The van der Waals surface area contributed by atoms with E-state index in [1.807, 2.05) is 13.8 Å². The molecule has 0 saturated carbocycles. The summed E-state index contributed by atoms with van der Waals surface area (Å²) >= 11 is 0. The molecule has 0 amide bonds. The van der Waals surface area contributed by atoms with Gasteiger partial charge in [-0.3, -0.25) is 4.79 Å². The lowest BCUT2D eigenvalue weighted by molar-refractivity contribution is -0.0392. The van der Waals surface area contributed by atoms with Gasteiger partial charge in [-0.05, 0) is 39.5 Å². The molecule has 4 nitrogen and oxygen atoms in total. The van der Waals surface area contributed by atoms with Gasteiger partial charge in [0.15, 0.2) is 11.6 Å². The van der Waals surface area contributed by atoms with Crippen LogP contribution in [0.1, 0.15) is 68.3 Å². The van der Waals surface area contributed by atoms with Gasteiger partial charge in [0.25, 0.3) is 0 Å². The van der Waals surface area contributed by atoms with Crippen molar-refractivity contribution in [1.82, 2.24) is 9.97 Å². The van der Waals surface area contributed by atoms with Gasteiger partial charge >= 0.3 is 0 Å². The molecule has 1 atom stereocenters. The lowest BCUT2D eigenvalue weighted by Crippen LogP contribution is -2.28. The van der Waals surface area contributed by atoms with Crippen LogP contribution in [0.5, 0.6) is 0 Å². The number of hydrogen-bond acceptors (Lipinski definition) is 4. The van der Waals surface area contributed by atoms with Gasteiger partial charge in [0.1, 0.15) is 5.60 Å². The summed E-state index contributed by atoms with van der Waals surface area (Å²) in [5.74, 6) is 0.874. The van der Waals surface area contributed by atoms with Gasteiger partial charge in [0, 0.05) is 19.2 Å². The SMILES string of the molecule is CCOC(C)(CC)c1ncc2c(n1)CCCCC2=O. The van der Waals surface area contributed by atoms with Crippen LogP contribution in [0.25, 0.3) is 0 Å². The third-order valence-corrected chi connectivity index (χ3v) is 3.85. The minimum Gasteiger partial charge on any atom is -0.368 e. The van der Waals surface area contributed by atoms with Crippen LogP contribution in [0.2, 0.25) is 0 Å². The van der Waals surface area contributed by atoms with Crippen molar-refractivity contribution < 1.29 is 9.53 Å². The van der Waals surface area contributed by atoms with E-state index in [4.69, 9.17) is 4.74 Å². The molecule has 1 aliphatic rings. The highest BCUT2D eigenvalue weighted by molar-refractivity contribution is 5.97. The topological polar surface area (TPSA) is 52.1 Å². The van der Waals surface area contributed by atoms with E-state index < -0.39 is 5.60 Å². The van der Waals surface area contributed by atoms with E-state index >= 15 is 0 Å². The van der Waals surface area contributed by atoms with Crippen molar-refractivity contribution in [2.24, 2.45) is 0 Å². The van der Waals surface area contributed by atoms with Crippen molar-refractivity contribution in [2.45, 2.75) is 58.5 Å². The van der Waals surface area contributed by atoms with E-state index in [2.05, 4.69) is 16.9 Å². The summed E-state index contributed by atoms with van der Waals surface area (Å²) in [6.45, 7) is 6.68. The summed E-state index contributed by atoms with van der Waals surface area (Å²) in [4.78, 5) is 21.0. The highest BCUT2D eigenvalue weighted by Gasteiger charge is 2.30. The highest BCUT2D eigenvalue weighted by atomic mass is 16.5. The van der Waals surface area contributed by atoms with Crippen molar-refractivity contribution in [1.29, 1.82) is 0 Å². The Morgan fingerprint density at radius 2 is 2.05 bits per heavy atom. The van der Waals surface area contributed by atoms with Crippen molar-refractivity contribution in [3.63, 3.8) is 0 Å². The summed E-state index contributed by atoms with van der Waals surface area (Å²) in [7, 11) is 0. The summed E-state index contributed by atoms with van der Waals surface area (Å²) < 4.78 is 5.80. The molecule has 19 heavy (non-hydrogen) atoms. The molecule has 1 aromatic rings. The van der Waals surface area contributed by atoms with Crippen molar-refractivity contribution in [2.75, 3.05) is 6.61 Å². The summed E-state index contributed by atoms with van der Waals surface area (Å²) in [6.07, 6.45) is 5.95. The first-order valence-corrected chi connectivity index (χ1v) is 7.14. The standard InChI is InChI=1S/C15H22N2O2/c1-4-15(3,19-5-2)14-16-10-11-12(17-14)8-6-7-9-13(11)18/h10H,4-9H2,1-3H3. The van der Waals surface area contributed by atoms with E-state index in [1.165, 1.54) is 0 Å². The van der Waals surface area contributed by atoms with Gasteiger partial charge in [-0.15, -0.1) is 0 Å². The smallest absolute Gasteiger partial charge is 0.166 e. The number of rotatable bonds is 4. The molecule has 0 aliphatic heterocycles. The van der Waals surface area contributed by atoms with Crippen LogP contribution in [0.15, 0.2) is 6.20 Å². The fourth-order valence-corrected chi connectivity index (χ4v) is 2.45. The van der Waals surface area contributed by atoms with Gasteiger partial charge in [-0.25, -0.2) is 9.97 Å². The molecule has 0 N–H and O–H groups in total. The van der Waals surface area contributed by atoms with Crippen molar-refractivity contribution >= 4 is 5.78 Å². The Morgan fingerprint density at radius 3 is 2.74 bits per heavy atom. The molecule has 4 heteroatoms. The number of aromatic nitrogens is 2. The lowest BCUT2D eigenvalue weighted by Gasteiger charge is -2.27. The lowest BCUT2D eigenvalue weighted by atomic mass is 10.0. The molecule has 0 aromatic carbocycles. The van der Waals surface area contributed by atoms with Gasteiger partial charge < -0.3 is 4.74 Å². The number of Topliss-reactive ketones (excluding diaryl/α,β-unsaturated/α-hetero) is 1. The van der Waals surface area contributed by atoms with E-state index in [0.29, 0.717) is 24.4 Å². The summed E-state index contributed by atoms with van der Waals surface area (Å²) in [6, 6.07) is 0. The molecule has 0 spiro atoms. The van der Waals surface area contributed by atoms with Gasteiger partial charge in [0.05, 0.1) is 11.3 Å². The Kier molecular flexibility index (Phi) is 4.30. The van der Waals surface area contributed by atoms with E-state index in [0.717, 1.165) is 31.4 Å². The first-order chi connectivity index (χ1) is 9.10. The Labute approximate surface area is 114 Å². The number of carbonyl (C=O) groups is 1. The zero-order chi connectivity index (χ0) is 13.9. The molecular weight excluding hydrogens is 240 g/mol. The third kappa shape index (κ3) is 2.84. The predicted molar refractivity (Wildman–Crippen MR) is 73.2 cm³/mol. The fraction of sp³-hybridized carbons (Fsp3) is 0.667. The minimum atomic E-state index is -0.459. The molecule has 2 rings (SSSR count). The molecular formula is C15H22N2O2. The Balaban J connectivity index is 2.39. The van der Waals surface area contributed by atoms with Crippen LogP contribution in [0.4, 0.5) is 0 Å². The van der Waals surface area contributed by atoms with Crippen LogP contribution in [-0.4, -0.2) is 22.4 Å². The second-order valence-electron chi connectivity index (χ2n) is 5.20. The van der Waals surface area contributed by atoms with Crippen molar-refractivity contribution in [3.8, 4) is 0 Å². The van der Waals surface area contributed by atoms with Crippen molar-refractivity contribution in [3.05, 3.63) is 23.3 Å². The highest BCUT2D eigenvalue weighted by Crippen LogP contribution is 2.28. The second kappa shape index (κ2) is 5.78. The predicted octanol–water partition coefficient (Wildman–Crippen LogP) is 3.05. The monoisotopic (exact) mass is 262 g/mol. The van der Waals surface area contributed by atoms with Crippen LogP contribution in [-0.2, 0) is 16.8 Å². The number of carbonyl (C=O) groups excluding carboxylic acids is 1. The van der Waals surface area contributed by atoms with Crippen LogP contribution < -0.4 is 0 Å². The number of ketones is 1. The summed E-state index contributed by atoms with van der Waals surface area (Å²) in [5.41, 5.74) is 1.14. The average Bonchev–Trinajstić information content (AvgIpc) is 2.60. The van der Waals surface area contributed by atoms with Gasteiger partial charge in [-0.1, -0.05) is 6.92 Å². The number of hydrogen-bond donors (Lipinski definition) is 0. The molecule has 1 heterocycles. The Hall–Kier alpha value is -1.29. The quantitative estimate of drug-likeness (QED) is 0.783. The second-order valence-corrected chi connectivity index (χ2v) is 5.20. The number of aryl methyl sites for hydroxylation is 1. The minimum absolute atomic E-state index is 0.175. The Bertz CT molecular complexity index is 473.